The van der Waals surface area contributed by atoms with Gasteiger partial charge in [-0.15, -0.1) is 0 Å². The Kier molecular flexibility index (Phi) is 11.3. The van der Waals surface area contributed by atoms with Gasteiger partial charge in [0.2, 0.25) is 11.8 Å². The molecule has 1 spiro atoms. The topological polar surface area (TPSA) is 112 Å². The first-order valence-electron chi connectivity index (χ1n) is 20.7. The number of imide groups is 1. The van der Waals surface area contributed by atoms with Gasteiger partial charge in [-0.2, -0.15) is 5.26 Å². The summed E-state index contributed by atoms with van der Waals surface area (Å²) in [6, 6.07) is 24.8. The zero-order chi connectivity index (χ0) is 38.8. The van der Waals surface area contributed by atoms with E-state index in [0.717, 1.165) is 114 Å². The maximum absolute atomic E-state index is 13.6. The molecule has 8 rings (SSSR count). The van der Waals surface area contributed by atoms with Crippen LogP contribution >= 0.6 is 11.6 Å². The van der Waals surface area contributed by atoms with Gasteiger partial charge in [-0.1, -0.05) is 23.7 Å². The standard InChI is InChI=1S/C45H54ClN7O3/c1-31-27-45(30-53(31)39-10-7-36(28-47)40(46)26-39)17-23-51(24-18-45)38-8-5-34(6-9-38)44(56)52-21-13-32(14-22-52)29-50-19-15-33(16-20-50)35-3-2-4-37(25-35)48-41-11-12-42(54)49-43(41)55/h2-10,25-26,31-33,41,48H,11-24,27,29-30H2,1H3,(H,49,54,55)/t31-,41-/m0/s1. The smallest absolute Gasteiger partial charge is 0.253 e. The second kappa shape index (κ2) is 16.5. The summed E-state index contributed by atoms with van der Waals surface area (Å²) < 4.78 is 0. The van der Waals surface area contributed by atoms with Crippen molar-refractivity contribution in [2.75, 3.05) is 67.5 Å². The largest absolute Gasteiger partial charge is 0.374 e. The SMILES string of the molecule is C[C@H]1CC2(CCN(c3ccc(C(=O)N4CCC(CN5CCC(c6cccc(N[C@H]7CCC(=O)NC7=O)c6)CC5)CC4)cc3)CC2)CN1c1ccc(C#N)c(Cl)c1. The molecule has 5 aliphatic heterocycles. The number of anilines is 3. The first-order valence-corrected chi connectivity index (χ1v) is 21.1. The van der Waals surface area contributed by atoms with Crippen LogP contribution in [0.4, 0.5) is 17.1 Å². The molecule has 3 aromatic rings. The van der Waals surface area contributed by atoms with Crippen LogP contribution in [-0.4, -0.2) is 92.0 Å². The van der Waals surface area contributed by atoms with E-state index in [9.17, 15) is 19.6 Å². The lowest BCUT2D eigenvalue weighted by atomic mass is 9.76. The van der Waals surface area contributed by atoms with Crippen LogP contribution in [-0.2, 0) is 9.59 Å². The van der Waals surface area contributed by atoms with Crippen molar-refractivity contribution in [3.63, 3.8) is 0 Å². The molecule has 0 saturated carbocycles. The number of hydrogen-bond acceptors (Lipinski definition) is 8. The second-order valence-electron chi connectivity index (χ2n) is 17.1. The lowest BCUT2D eigenvalue weighted by molar-refractivity contribution is -0.133. The molecular weight excluding hydrogens is 722 g/mol. The molecule has 294 valence electrons. The third kappa shape index (κ3) is 8.40. The number of halogens is 1. The molecule has 5 saturated heterocycles. The molecule has 0 aromatic heterocycles. The number of hydrogen-bond donors (Lipinski definition) is 2. The number of amides is 3. The molecule has 3 amide bonds. The molecule has 2 N–H and O–H groups in total. The molecule has 5 aliphatic rings. The van der Waals surface area contributed by atoms with E-state index in [0.29, 0.717) is 41.3 Å². The predicted molar refractivity (Wildman–Crippen MR) is 221 cm³/mol. The third-order valence-corrected chi connectivity index (χ3v) is 13.7. The van der Waals surface area contributed by atoms with Gasteiger partial charge in [-0.3, -0.25) is 19.7 Å². The number of carbonyl (C=O) groups is 3. The first kappa shape index (κ1) is 38.3. The van der Waals surface area contributed by atoms with Gasteiger partial charge < -0.3 is 24.9 Å². The van der Waals surface area contributed by atoms with E-state index in [1.54, 1.807) is 0 Å². The highest BCUT2D eigenvalue weighted by Crippen LogP contribution is 2.46. The summed E-state index contributed by atoms with van der Waals surface area (Å²) in [4.78, 5) is 46.9. The fourth-order valence-electron chi connectivity index (χ4n) is 10.1. The van der Waals surface area contributed by atoms with Crippen molar-refractivity contribution < 1.29 is 14.4 Å². The van der Waals surface area contributed by atoms with Gasteiger partial charge >= 0.3 is 0 Å². The van der Waals surface area contributed by atoms with Crippen LogP contribution in [0, 0.1) is 22.7 Å². The van der Waals surface area contributed by atoms with Crippen molar-refractivity contribution in [1.29, 1.82) is 5.26 Å². The van der Waals surface area contributed by atoms with Crippen molar-refractivity contribution in [1.82, 2.24) is 15.1 Å². The van der Waals surface area contributed by atoms with Crippen LogP contribution in [0.15, 0.2) is 66.7 Å². The Labute approximate surface area is 336 Å². The zero-order valence-corrected chi connectivity index (χ0v) is 33.3. The second-order valence-corrected chi connectivity index (χ2v) is 17.5. The Morgan fingerprint density at radius 1 is 0.911 bits per heavy atom. The van der Waals surface area contributed by atoms with Crippen molar-refractivity contribution >= 4 is 46.4 Å². The van der Waals surface area contributed by atoms with Crippen LogP contribution in [0.1, 0.15) is 92.1 Å². The van der Waals surface area contributed by atoms with E-state index >= 15 is 0 Å². The minimum absolute atomic E-state index is 0.144. The van der Waals surface area contributed by atoms with E-state index in [-0.39, 0.29) is 29.2 Å². The Morgan fingerprint density at radius 3 is 2.34 bits per heavy atom. The molecule has 3 aromatic carbocycles. The van der Waals surface area contributed by atoms with E-state index < -0.39 is 0 Å². The number of nitrogens with zero attached hydrogens (tertiary/aromatic N) is 5. The molecule has 0 unspecified atom stereocenters. The summed E-state index contributed by atoms with van der Waals surface area (Å²) in [5.41, 5.74) is 6.12. The summed E-state index contributed by atoms with van der Waals surface area (Å²) in [6.45, 7) is 10.2. The number of nitriles is 1. The highest BCUT2D eigenvalue weighted by Gasteiger charge is 2.44. The molecule has 0 aliphatic carbocycles. The maximum atomic E-state index is 13.6. The maximum Gasteiger partial charge on any atom is 0.253 e. The Balaban J connectivity index is 0.762. The summed E-state index contributed by atoms with van der Waals surface area (Å²) in [5, 5.41) is 15.6. The number of rotatable bonds is 8. The van der Waals surface area contributed by atoms with Crippen LogP contribution in [0.25, 0.3) is 0 Å². The molecule has 10 nitrogen and oxygen atoms in total. The van der Waals surface area contributed by atoms with Crippen LogP contribution < -0.4 is 20.4 Å². The number of nitrogens with one attached hydrogen (secondary N) is 2. The predicted octanol–water partition coefficient (Wildman–Crippen LogP) is 7.05. The summed E-state index contributed by atoms with van der Waals surface area (Å²) >= 11 is 6.38. The van der Waals surface area contributed by atoms with Gasteiger partial charge in [0.05, 0.1) is 10.6 Å². The number of likely N-dealkylation sites (tertiary alicyclic amines) is 2. The van der Waals surface area contributed by atoms with Crippen LogP contribution in [0.3, 0.4) is 0 Å². The third-order valence-electron chi connectivity index (χ3n) is 13.4. The van der Waals surface area contributed by atoms with Gasteiger partial charge in [-0.25, -0.2) is 0 Å². The molecule has 0 bridgehead atoms. The van der Waals surface area contributed by atoms with Gasteiger partial charge in [0.1, 0.15) is 12.1 Å². The van der Waals surface area contributed by atoms with Gasteiger partial charge in [0.15, 0.2) is 0 Å². The highest BCUT2D eigenvalue weighted by atomic mass is 35.5. The molecule has 2 atom stereocenters. The quantitative estimate of drug-likeness (QED) is 0.235. The van der Waals surface area contributed by atoms with E-state index in [1.165, 1.54) is 11.3 Å². The van der Waals surface area contributed by atoms with Crippen molar-refractivity contribution in [3.05, 3.63) is 88.4 Å². The molecular formula is C45H54ClN7O3. The minimum atomic E-state index is -0.371. The number of carbonyl (C=O) groups excluding carboxylic acids is 3. The zero-order valence-electron chi connectivity index (χ0n) is 32.5. The molecule has 5 fully saturated rings. The Bertz CT molecular complexity index is 1960. The molecule has 5 heterocycles. The molecule has 0 radical (unpaired) electrons. The van der Waals surface area contributed by atoms with Gasteiger partial charge in [-0.05, 0) is 149 Å². The first-order chi connectivity index (χ1) is 27.1. The average Bonchev–Trinajstić information content (AvgIpc) is 3.54. The average molecular weight is 776 g/mol. The van der Waals surface area contributed by atoms with E-state index in [4.69, 9.17) is 11.6 Å². The molecule has 56 heavy (non-hydrogen) atoms. The Morgan fingerprint density at radius 2 is 1.64 bits per heavy atom. The Hall–Kier alpha value is -4.59. The van der Waals surface area contributed by atoms with Gasteiger partial charge in [0, 0.05) is 74.4 Å². The van der Waals surface area contributed by atoms with E-state index in [2.05, 4.69) is 68.7 Å². The van der Waals surface area contributed by atoms with Crippen LogP contribution in [0.2, 0.25) is 5.02 Å². The van der Waals surface area contributed by atoms with E-state index in [1.807, 2.05) is 41.3 Å². The number of benzene rings is 3. The lowest BCUT2D eigenvalue weighted by Gasteiger charge is -2.40. The fourth-order valence-corrected chi connectivity index (χ4v) is 10.3. The summed E-state index contributed by atoms with van der Waals surface area (Å²) in [6.07, 6.45) is 8.62. The minimum Gasteiger partial charge on any atom is -0.374 e. The molecule has 11 heteroatoms. The fraction of sp³-hybridized carbons (Fsp3) is 0.511. The highest BCUT2D eigenvalue weighted by molar-refractivity contribution is 6.32. The van der Waals surface area contributed by atoms with Gasteiger partial charge in [0.25, 0.3) is 5.91 Å². The number of piperidine rings is 4. The van der Waals surface area contributed by atoms with Crippen molar-refractivity contribution in [2.24, 2.45) is 11.3 Å². The monoisotopic (exact) mass is 775 g/mol. The van der Waals surface area contributed by atoms with Crippen LogP contribution in [0.5, 0.6) is 0 Å². The van der Waals surface area contributed by atoms with Crippen molar-refractivity contribution in [2.45, 2.75) is 82.7 Å². The van der Waals surface area contributed by atoms with Crippen molar-refractivity contribution in [3.8, 4) is 6.07 Å². The normalized spacial score (nSPS) is 23.6. The summed E-state index contributed by atoms with van der Waals surface area (Å²) in [7, 11) is 0. The lowest BCUT2D eigenvalue weighted by Crippen LogP contribution is -2.47. The summed E-state index contributed by atoms with van der Waals surface area (Å²) in [5.74, 6) is 0.811.